The lowest BCUT2D eigenvalue weighted by Gasteiger charge is -2.26. The summed E-state index contributed by atoms with van der Waals surface area (Å²) in [4.78, 5) is 22.5. The zero-order valence-corrected chi connectivity index (χ0v) is 18.3. The molecule has 166 valence electrons. The molecule has 1 aliphatic rings. The maximum absolute atomic E-state index is 12.6. The van der Waals surface area contributed by atoms with E-state index in [1.165, 1.54) is 5.56 Å². The molecule has 0 saturated carbocycles. The SMILES string of the molecule is O=C(C=Cc1cnccc1-c1c[nH]c2ccccc12)Nc1ccc(CN2CCOCC2)cc1. The number of morpholine rings is 1. The van der Waals surface area contributed by atoms with E-state index in [1.807, 2.05) is 42.6 Å². The predicted octanol–water partition coefficient (Wildman–Crippen LogP) is 4.71. The van der Waals surface area contributed by atoms with Crippen molar-refractivity contribution in [1.29, 1.82) is 0 Å². The standard InChI is InChI=1S/C27H26N4O2/c32-27(30-22-8-5-20(6-9-22)19-31-13-15-33-16-14-31)10-7-21-17-28-12-11-23(21)25-18-29-26-4-2-1-3-24(25)26/h1-12,17-18,29H,13-16,19H2,(H,30,32). The first-order valence-corrected chi connectivity index (χ1v) is 11.1. The Bertz CT molecular complexity index is 1270. The summed E-state index contributed by atoms with van der Waals surface area (Å²) in [6.07, 6.45) is 8.91. The number of anilines is 1. The predicted molar refractivity (Wildman–Crippen MR) is 132 cm³/mol. The summed E-state index contributed by atoms with van der Waals surface area (Å²) in [6.45, 7) is 4.39. The van der Waals surface area contributed by atoms with Crippen LogP contribution in [-0.2, 0) is 16.1 Å². The van der Waals surface area contributed by atoms with Crippen LogP contribution >= 0.6 is 0 Å². The van der Waals surface area contributed by atoms with E-state index >= 15 is 0 Å². The molecular weight excluding hydrogens is 412 g/mol. The van der Waals surface area contributed by atoms with Crippen molar-refractivity contribution >= 4 is 28.6 Å². The number of aromatic nitrogens is 2. The molecule has 0 unspecified atom stereocenters. The molecule has 3 heterocycles. The topological polar surface area (TPSA) is 70.2 Å². The van der Waals surface area contributed by atoms with Gasteiger partial charge >= 0.3 is 0 Å². The lowest BCUT2D eigenvalue weighted by atomic mass is 10.0. The summed E-state index contributed by atoms with van der Waals surface area (Å²) in [7, 11) is 0. The molecule has 4 aromatic rings. The van der Waals surface area contributed by atoms with E-state index in [-0.39, 0.29) is 5.91 Å². The van der Waals surface area contributed by atoms with Crippen molar-refractivity contribution in [1.82, 2.24) is 14.9 Å². The summed E-state index contributed by atoms with van der Waals surface area (Å²) < 4.78 is 5.40. The molecule has 2 aromatic carbocycles. The number of hydrogen-bond acceptors (Lipinski definition) is 4. The molecule has 0 aliphatic carbocycles. The average molecular weight is 439 g/mol. The van der Waals surface area contributed by atoms with Crippen LogP contribution in [0.1, 0.15) is 11.1 Å². The van der Waals surface area contributed by atoms with Gasteiger partial charge in [-0.05, 0) is 41.5 Å². The molecule has 1 amide bonds. The first kappa shape index (κ1) is 21.1. The Hall–Kier alpha value is -3.74. The van der Waals surface area contributed by atoms with Gasteiger partial charge in [-0.25, -0.2) is 0 Å². The van der Waals surface area contributed by atoms with Crippen LogP contribution in [0.5, 0.6) is 0 Å². The highest BCUT2D eigenvalue weighted by Crippen LogP contribution is 2.31. The molecule has 0 radical (unpaired) electrons. The number of amides is 1. The largest absolute Gasteiger partial charge is 0.379 e. The second-order valence-corrected chi connectivity index (χ2v) is 8.12. The lowest BCUT2D eigenvalue weighted by molar-refractivity contribution is -0.111. The maximum Gasteiger partial charge on any atom is 0.248 e. The van der Waals surface area contributed by atoms with E-state index in [2.05, 4.69) is 44.5 Å². The number of ether oxygens (including phenoxy) is 1. The molecule has 0 spiro atoms. The summed E-state index contributed by atoms with van der Waals surface area (Å²) in [5.74, 6) is -0.176. The van der Waals surface area contributed by atoms with Gasteiger partial charge in [-0.3, -0.25) is 14.7 Å². The average Bonchev–Trinajstić information content (AvgIpc) is 3.29. The molecule has 1 fully saturated rings. The van der Waals surface area contributed by atoms with E-state index in [0.717, 1.165) is 66.1 Å². The molecule has 5 rings (SSSR count). The van der Waals surface area contributed by atoms with Gasteiger partial charge in [0.15, 0.2) is 0 Å². The minimum atomic E-state index is -0.176. The minimum Gasteiger partial charge on any atom is -0.379 e. The van der Waals surface area contributed by atoms with Gasteiger partial charge in [0, 0.05) is 72.0 Å². The van der Waals surface area contributed by atoms with Crippen LogP contribution in [0.15, 0.2) is 79.3 Å². The molecule has 2 N–H and O–H groups in total. The Morgan fingerprint density at radius 2 is 1.88 bits per heavy atom. The number of H-pyrrole nitrogens is 1. The van der Waals surface area contributed by atoms with Gasteiger partial charge in [0.05, 0.1) is 13.2 Å². The fourth-order valence-corrected chi connectivity index (χ4v) is 4.14. The Balaban J connectivity index is 1.26. The van der Waals surface area contributed by atoms with E-state index in [4.69, 9.17) is 4.74 Å². The van der Waals surface area contributed by atoms with Crippen molar-refractivity contribution in [3.63, 3.8) is 0 Å². The third-order valence-electron chi connectivity index (χ3n) is 5.88. The molecule has 33 heavy (non-hydrogen) atoms. The third-order valence-corrected chi connectivity index (χ3v) is 5.88. The monoisotopic (exact) mass is 438 g/mol. The van der Waals surface area contributed by atoms with Crippen molar-refractivity contribution < 1.29 is 9.53 Å². The highest BCUT2D eigenvalue weighted by atomic mass is 16.5. The third kappa shape index (κ3) is 5.03. The fraction of sp³-hybridized carbons (Fsp3) is 0.185. The van der Waals surface area contributed by atoms with Crippen LogP contribution in [0.3, 0.4) is 0 Å². The van der Waals surface area contributed by atoms with Crippen LogP contribution in [0.4, 0.5) is 5.69 Å². The smallest absolute Gasteiger partial charge is 0.248 e. The molecule has 6 heteroatoms. The van der Waals surface area contributed by atoms with Crippen LogP contribution in [0.2, 0.25) is 0 Å². The first-order chi connectivity index (χ1) is 16.3. The zero-order valence-electron chi connectivity index (χ0n) is 18.3. The second kappa shape index (κ2) is 9.81. The molecule has 2 aromatic heterocycles. The molecule has 0 atom stereocenters. The number of rotatable bonds is 6. The molecule has 0 bridgehead atoms. The number of nitrogens with one attached hydrogen (secondary N) is 2. The van der Waals surface area contributed by atoms with Crippen molar-refractivity contribution in [2.45, 2.75) is 6.54 Å². The van der Waals surface area contributed by atoms with Gasteiger partial charge in [0.2, 0.25) is 5.91 Å². The molecule has 6 nitrogen and oxygen atoms in total. The highest BCUT2D eigenvalue weighted by molar-refractivity contribution is 6.03. The Labute approximate surface area is 192 Å². The Kier molecular flexibility index (Phi) is 6.28. The number of pyridine rings is 1. The van der Waals surface area contributed by atoms with Crippen molar-refractivity contribution in [2.24, 2.45) is 0 Å². The van der Waals surface area contributed by atoms with E-state index in [9.17, 15) is 4.79 Å². The van der Waals surface area contributed by atoms with Gasteiger partial charge < -0.3 is 15.0 Å². The quantitative estimate of drug-likeness (QED) is 0.428. The molecule has 1 aliphatic heterocycles. The van der Waals surface area contributed by atoms with Crippen LogP contribution in [0.25, 0.3) is 28.1 Å². The molecule has 1 saturated heterocycles. The van der Waals surface area contributed by atoms with E-state index in [0.29, 0.717) is 0 Å². The van der Waals surface area contributed by atoms with Crippen molar-refractivity contribution in [3.05, 3.63) is 90.4 Å². The van der Waals surface area contributed by atoms with Crippen molar-refractivity contribution in [3.8, 4) is 11.1 Å². The second-order valence-electron chi connectivity index (χ2n) is 8.12. The van der Waals surface area contributed by atoms with Gasteiger partial charge in [-0.2, -0.15) is 0 Å². The van der Waals surface area contributed by atoms with Crippen molar-refractivity contribution in [2.75, 3.05) is 31.6 Å². The van der Waals surface area contributed by atoms with Gasteiger partial charge in [0.25, 0.3) is 0 Å². The number of aromatic amines is 1. The van der Waals surface area contributed by atoms with Crippen LogP contribution in [-0.4, -0.2) is 47.1 Å². The summed E-state index contributed by atoms with van der Waals surface area (Å²) in [5, 5.41) is 4.08. The fourth-order valence-electron chi connectivity index (χ4n) is 4.14. The van der Waals surface area contributed by atoms with Crippen LogP contribution < -0.4 is 5.32 Å². The zero-order chi connectivity index (χ0) is 22.5. The van der Waals surface area contributed by atoms with E-state index in [1.54, 1.807) is 18.5 Å². The summed E-state index contributed by atoms with van der Waals surface area (Å²) in [5.41, 5.74) is 6.08. The number of nitrogens with zero attached hydrogens (tertiary/aromatic N) is 2. The lowest BCUT2D eigenvalue weighted by Crippen LogP contribution is -2.35. The first-order valence-electron chi connectivity index (χ1n) is 11.1. The number of hydrogen-bond donors (Lipinski definition) is 2. The Morgan fingerprint density at radius 3 is 2.73 bits per heavy atom. The van der Waals surface area contributed by atoms with Gasteiger partial charge in [-0.1, -0.05) is 30.3 Å². The van der Waals surface area contributed by atoms with Crippen LogP contribution in [0, 0.1) is 0 Å². The minimum absolute atomic E-state index is 0.176. The summed E-state index contributed by atoms with van der Waals surface area (Å²) >= 11 is 0. The number of carbonyl (C=O) groups is 1. The Morgan fingerprint density at radius 1 is 1.06 bits per heavy atom. The normalized spacial score (nSPS) is 14.7. The highest BCUT2D eigenvalue weighted by Gasteiger charge is 2.11. The number of fused-ring (bicyclic) bond motifs is 1. The number of carbonyl (C=O) groups excluding carboxylic acids is 1. The maximum atomic E-state index is 12.6. The van der Waals surface area contributed by atoms with E-state index < -0.39 is 0 Å². The number of para-hydroxylation sites is 1. The van der Waals surface area contributed by atoms with Gasteiger partial charge in [0.1, 0.15) is 0 Å². The number of benzene rings is 2. The summed E-state index contributed by atoms with van der Waals surface area (Å²) in [6, 6.07) is 18.2. The van der Waals surface area contributed by atoms with Gasteiger partial charge in [-0.15, -0.1) is 0 Å². The molecular formula is C27H26N4O2.